The van der Waals surface area contributed by atoms with Crippen LogP contribution in [-0.4, -0.2) is 35.7 Å². The number of pyridine rings is 1. The SMILES string of the molecule is CCOC(=O)c1c(C(F)F)nc(C(F)(F)F)c(C(=O)OCC)c1NC(C)(C)C. The number of hydrogen-bond acceptors (Lipinski definition) is 6. The van der Waals surface area contributed by atoms with Gasteiger partial charge in [0.05, 0.1) is 18.9 Å². The summed E-state index contributed by atoms with van der Waals surface area (Å²) < 4.78 is 77.0. The van der Waals surface area contributed by atoms with Gasteiger partial charge in [0.2, 0.25) is 0 Å². The molecule has 0 spiro atoms. The lowest BCUT2D eigenvalue weighted by molar-refractivity contribution is -0.142. The Hall–Kier alpha value is -2.46. The first-order valence-electron chi connectivity index (χ1n) is 8.30. The summed E-state index contributed by atoms with van der Waals surface area (Å²) in [6.07, 6.45) is -8.79. The van der Waals surface area contributed by atoms with Crippen LogP contribution in [0.3, 0.4) is 0 Å². The number of aromatic nitrogens is 1. The van der Waals surface area contributed by atoms with Gasteiger partial charge in [0.25, 0.3) is 6.43 Å². The first kappa shape index (κ1) is 23.6. The van der Waals surface area contributed by atoms with E-state index < -0.39 is 58.3 Å². The fourth-order valence-electron chi connectivity index (χ4n) is 2.28. The third-order valence-electron chi connectivity index (χ3n) is 3.16. The Morgan fingerprint density at radius 3 is 1.82 bits per heavy atom. The largest absolute Gasteiger partial charge is 0.462 e. The van der Waals surface area contributed by atoms with Gasteiger partial charge in [-0.05, 0) is 34.6 Å². The monoisotopic (exact) mass is 412 g/mol. The Morgan fingerprint density at radius 2 is 1.46 bits per heavy atom. The second kappa shape index (κ2) is 8.70. The molecule has 0 atom stereocenters. The number of halogens is 5. The van der Waals surface area contributed by atoms with Gasteiger partial charge < -0.3 is 14.8 Å². The van der Waals surface area contributed by atoms with Gasteiger partial charge in [0.15, 0.2) is 5.69 Å². The normalized spacial score (nSPS) is 12.1. The quantitative estimate of drug-likeness (QED) is 0.544. The first-order chi connectivity index (χ1) is 12.7. The number of alkyl halides is 5. The van der Waals surface area contributed by atoms with E-state index in [2.05, 4.69) is 15.0 Å². The van der Waals surface area contributed by atoms with Crippen LogP contribution in [0.2, 0.25) is 0 Å². The highest BCUT2D eigenvalue weighted by Gasteiger charge is 2.44. The number of carbonyl (C=O) groups is 2. The minimum Gasteiger partial charge on any atom is -0.462 e. The van der Waals surface area contributed by atoms with Crippen LogP contribution in [0.1, 0.15) is 73.1 Å². The molecule has 6 nitrogen and oxygen atoms in total. The number of esters is 2. The van der Waals surface area contributed by atoms with Crippen molar-refractivity contribution in [2.45, 2.75) is 52.8 Å². The van der Waals surface area contributed by atoms with Crippen molar-refractivity contribution in [1.82, 2.24) is 4.98 Å². The first-order valence-corrected chi connectivity index (χ1v) is 8.30. The number of carbonyl (C=O) groups excluding carboxylic acids is 2. The molecule has 1 rings (SSSR count). The summed E-state index contributed by atoms with van der Waals surface area (Å²) in [6, 6.07) is 0. The maximum Gasteiger partial charge on any atom is 0.434 e. The van der Waals surface area contributed by atoms with E-state index in [1.807, 2.05) is 0 Å². The van der Waals surface area contributed by atoms with E-state index >= 15 is 0 Å². The lowest BCUT2D eigenvalue weighted by Crippen LogP contribution is -2.32. The Morgan fingerprint density at radius 1 is 1.00 bits per heavy atom. The maximum atomic E-state index is 13.5. The van der Waals surface area contributed by atoms with Crippen molar-refractivity contribution < 1.29 is 41.0 Å². The van der Waals surface area contributed by atoms with Crippen LogP contribution in [0.25, 0.3) is 0 Å². The number of ether oxygens (including phenoxy) is 2. The predicted molar refractivity (Wildman–Crippen MR) is 89.5 cm³/mol. The molecule has 0 aliphatic heterocycles. The van der Waals surface area contributed by atoms with Crippen molar-refractivity contribution in [1.29, 1.82) is 0 Å². The molecule has 0 bridgehead atoms. The highest BCUT2D eigenvalue weighted by atomic mass is 19.4. The van der Waals surface area contributed by atoms with Crippen molar-refractivity contribution in [2.24, 2.45) is 0 Å². The standard InChI is InChI=1S/C17H21F5N2O4/c1-6-27-14(25)8-10(24-16(3,4)5)9(15(26)28-7-2)12(17(20,21)22)23-11(8)13(18)19/h13H,6-7H2,1-5H3,(H,23,24). The summed E-state index contributed by atoms with van der Waals surface area (Å²) in [4.78, 5) is 27.5. The summed E-state index contributed by atoms with van der Waals surface area (Å²) >= 11 is 0. The maximum absolute atomic E-state index is 13.5. The van der Waals surface area contributed by atoms with Gasteiger partial charge in [-0.15, -0.1) is 0 Å². The number of rotatable bonds is 6. The second-order valence-electron chi connectivity index (χ2n) is 6.59. The zero-order valence-corrected chi connectivity index (χ0v) is 16.0. The molecule has 0 fully saturated rings. The van der Waals surface area contributed by atoms with Gasteiger partial charge in [0.1, 0.15) is 16.8 Å². The number of anilines is 1. The molecule has 0 unspecified atom stereocenters. The zero-order valence-electron chi connectivity index (χ0n) is 16.0. The third-order valence-corrected chi connectivity index (χ3v) is 3.16. The second-order valence-corrected chi connectivity index (χ2v) is 6.59. The summed E-state index contributed by atoms with van der Waals surface area (Å²) in [5.74, 6) is -2.79. The summed E-state index contributed by atoms with van der Waals surface area (Å²) in [6.45, 7) is 6.75. The third kappa shape index (κ3) is 5.52. The highest BCUT2D eigenvalue weighted by Crippen LogP contribution is 2.40. The average molecular weight is 412 g/mol. The molecule has 0 aromatic carbocycles. The van der Waals surface area contributed by atoms with Gasteiger partial charge >= 0.3 is 18.1 Å². The molecular formula is C17H21F5N2O4. The van der Waals surface area contributed by atoms with Crippen molar-refractivity contribution >= 4 is 17.6 Å². The van der Waals surface area contributed by atoms with Crippen molar-refractivity contribution in [3.8, 4) is 0 Å². The molecule has 0 amide bonds. The Balaban J connectivity index is 4.08. The van der Waals surface area contributed by atoms with E-state index in [-0.39, 0.29) is 13.2 Å². The average Bonchev–Trinajstić information content (AvgIpc) is 2.51. The Labute approximate surface area is 158 Å². The van der Waals surface area contributed by atoms with Crippen LogP contribution < -0.4 is 5.32 Å². The van der Waals surface area contributed by atoms with E-state index in [9.17, 15) is 31.5 Å². The number of hydrogen-bond donors (Lipinski definition) is 1. The Kier molecular flexibility index (Phi) is 7.32. The van der Waals surface area contributed by atoms with Crippen molar-refractivity contribution in [3.63, 3.8) is 0 Å². The predicted octanol–water partition coefficient (Wildman–Crippen LogP) is 4.60. The molecule has 11 heteroatoms. The summed E-state index contributed by atoms with van der Waals surface area (Å²) in [5.41, 5.74) is -7.18. The van der Waals surface area contributed by atoms with E-state index in [4.69, 9.17) is 4.74 Å². The molecule has 1 N–H and O–H groups in total. The lowest BCUT2D eigenvalue weighted by atomic mass is 9.99. The molecule has 0 saturated carbocycles. The van der Waals surface area contributed by atoms with Crippen LogP contribution in [-0.2, 0) is 15.7 Å². The van der Waals surface area contributed by atoms with E-state index in [0.29, 0.717) is 0 Å². The van der Waals surface area contributed by atoms with Gasteiger partial charge in [-0.3, -0.25) is 0 Å². The highest BCUT2D eigenvalue weighted by molar-refractivity contribution is 6.06. The van der Waals surface area contributed by atoms with E-state index in [1.54, 1.807) is 0 Å². The van der Waals surface area contributed by atoms with Crippen molar-refractivity contribution in [3.05, 3.63) is 22.5 Å². The molecule has 1 aromatic rings. The van der Waals surface area contributed by atoms with Gasteiger partial charge in [-0.1, -0.05) is 0 Å². The van der Waals surface area contributed by atoms with E-state index in [1.165, 1.54) is 34.6 Å². The molecule has 0 aliphatic carbocycles. The lowest BCUT2D eigenvalue weighted by Gasteiger charge is -2.27. The van der Waals surface area contributed by atoms with Crippen LogP contribution >= 0.6 is 0 Å². The van der Waals surface area contributed by atoms with Crippen LogP contribution in [0, 0.1) is 0 Å². The fourth-order valence-corrected chi connectivity index (χ4v) is 2.28. The molecular weight excluding hydrogens is 391 g/mol. The molecule has 158 valence electrons. The number of nitrogens with zero attached hydrogens (tertiary/aromatic N) is 1. The smallest absolute Gasteiger partial charge is 0.434 e. The minimum absolute atomic E-state index is 0.230. The van der Waals surface area contributed by atoms with Crippen molar-refractivity contribution in [2.75, 3.05) is 18.5 Å². The Bertz CT molecular complexity index is 743. The van der Waals surface area contributed by atoms with Crippen LogP contribution in [0.4, 0.5) is 27.6 Å². The zero-order chi connectivity index (χ0) is 21.9. The molecule has 0 saturated heterocycles. The summed E-state index contributed by atoms with van der Waals surface area (Å²) in [5, 5.41) is 2.53. The van der Waals surface area contributed by atoms with Crippen LogP contribution in [0.15, 0.2) is 0 Å². The molecule has 0 radical (unpaired) electrons. The molecule has 1 aromatic heterocycles. The fraction of sp³-hybridized carbons (Fsp3) is 0.588. The minimum atomic E-state index is -5.26. The number of nitrogens with one attached hydrogen (secondary N) is 1. The molecule has 28 heavy (non-hydrogen) atoms. The topological polar surface area (TPSA) is 77.5 Å². The van der Waals surface area contributed by atoms with Gasteiger partial charge in [0, 0.05) is 5.54 Å². The summed E-state index contributed by atoms with van der Waals surface area (Å²) in [7, 11) is 0. The molecule has 0 aliphatic rings. The van der Waals surface area contributed by atoms with Gasteiger partial charge in [-0.25, -0.2) is 23.4 Å². The molecule has 1 heterocycles. The van der Waals surface area contributed by atoms with E-state index in [0.717, 1.165) is 0 Å². The van der Waals surface area contributed by atoms with Gasteiger partial charge in [-0.2, -0.15) is 13.2 Å². The van der Waals surface area contributed by atoms with Crippen LogP contribution in [0.5, 0.6) is 0 Å².